The average molecular weight is 209 g/mol. The largest absolute Gasteiger partial charge is 0.545 e. The summed E-state index contributed by atoms with van der Waals surface area (Å²) < 4.78 is 0. The average Bonchev–Trinajstić information content (AvgIpc) is 2.17. The van der Waals surface area contributed by atoms with Gasteiger partial charge in [0.05, 0.1) is 10.9 Å². The van der Waals surface area contributed by atoms with Crippen LogP contribution in [0.4, 0.5) is 11.4 Å². The Labute approximate surface area is 85.5 Å². The van der Waals surface area contributed by atoms with Crippen LogP contribution in [-0.4, -0.2) is 10.9 Å². The van der Waals surface area contributed by atoms with E-state index in [0.717, 1.165) is 0 Å². The normalized spacial score (nSPS) is 9.93. The van der Waals surface area contributed by atoms with Crippen molar-refractivity contribution in [3.8, 4) is 0 Å². The Morgan fingerprint density at radius 3 is 2.53 bits per heavy atom. The Hall–Kier alpha value is -2.11. The number of nitro groups is 1. The topological polar surface area (TPSA) is 109 Å². The molecule has 1 rings (SSSR count). The van der Waals surface area contributed by atoms with Gasteiger partial charge in [0, 0.05) is 11.6 Å². The first kappa shape index (κ1) is 11.0. The molecule has 0 fully saturated rings. The van der Waals surface area contributed by atoms with Gasteiger partial charge in [-0.15, -0.1) is 0 Å². The van der Waals surface area contributed by atoms with Gasteiger partial charge in [0.2, 0.25) is 0 Å². The number of aromatic carboxylic acids is 1. The van der Waals surface area contributed by atoms with E-state index in [4.69, 9.17) is 5.73 Å². The number of carboxylic acid groups (broad SMARTS) is 1. The number of nitrogen functional groups attached to an aromatic ring is 1. The zero-order valence-corrected chi connectivity index (χ0v) is 8.02. The first-order valence-corrected chi connectivity index (χ1v) is 4.25. The van der Waals surface area contributed by atoms with E-state index in [1.807, 2.05) is 0 Å². The highest BCUT2D eigenvalue weighted by molar-refractivity contribution is 5.95. The third kappa shape index (κ3) is 2.04. The molecular weight excluding hydrogens is 200 g/mol. The van der Waals surface area contributed by atoms with Gasteiger partial charge in [-0.05, 0) is 18.1 Å². The number of nitro benzene ring substituents is 1. The molecule has 0 aliphatic heterocycles. The predicted octanol–water partition coefficient (Wildman–Crippen LogP) is 0.103. The van der Waals surface area contributed by atoms with Crippen molar-refractivity contribution in [2.24, 2.45) is 0 Å². The highest BCUT2D eigenvalue weighted by Gasteiger charge is 2.16. The second-order valence-electron chi connectivity index (χ2n) is 2.97. The van der Waals surface area contributed by atoms with Crippen molar-refractivity contribution in [3.05, 3.63) is 33.4 Å². The maximum atomic E-state index is 10.7. The van der Waals surface area contributed by atoms with Gasteiger partial charge in [0.25, 0.3) is 5.69 Å². The molecule has 1 aromatic carbocycles. The molecule has 0 bridgehead atoms. The number of carbonyl (C=O) groups is 1. The zero-order valence-electron chi connectivity index (χ0n) is 8.02. The van der Waals surface area contributed by atoms with E-state index in [2.05, 4.69) is 0 Å². The number of carbonyl (C=O) groups excluding carboxylic acids is 1. The minimum atomic E-state index is -1.51. The van der Waals surface area contributed by atoms with E-state index < -0.39 is 16.6 Å². The van der Waals surface area contributed by atoms with Gasteiger partial charge in [-0.25, -0.2) is 0 Å². The van der Waals surface area contributed by atoms with Gasteiger partial charge in [0.15, 0.2) is 0 Å². The molecule has 0 saturated heterocycles. The summed E-state index contributed by atoms with van der Waals surface area (Å²) in [6.07, 6.45) is 0.488. The van der Waals surface area contributed by atoms with E-state index in [1.165, 1.54) is 12.1 Å². The van der Waals surface area contributed by atoms with E-state index in [-0.39, 0.29) is 11.3 Å². The number of aryl methyl sites for hydroxylation is 1. The molecule has 0 amide bonds. The van der Waals surface area contributed by atoms with Crippen molar-refractivity contribution in [2.45, 2.75) is 13.3 Å². The highest BCUT2D eigenvalue weighted by atomic mass is 16.6. The van der Waals surface area contributed by atoms with Crippen molar-refractivity contribution in [1.29, 1.82) is 0 Å². The Kier molecular flexibility index (Phi) is 2.89. The number of benzene rings is 1. The summed E-state index contributed by atoms with van der Waals surface area (Å²) >= 11 is 0. The minimum absolute atomic E-state index is 0.332. The fourth-order valence-electron chi connectivity index (χ4n) is 1.22. The van der Waals surface area contributed by atoms with Gasteiger partial charge < -0.3 is 15.6 Å². The van der Waals surface area contributed by atoms with Crippen molar-refractivity contribution < 1.29 is 14.8 Å². The smallest absolute Gasteiger partial charge is 0.293 e. The lowest BCUT2D eigenvalue weighted by Gasteiger charge is -2.08. The zero-order chi connectivity index (χ0) is 11.6. The number of carboxylic acids is 1. The molecule has 0 spiro atoms. The van der Waals surface area contributed by atoms with E-state index in [0.29, 0.717) is 12.0 Å². The monoisotopic (exact) mass is 209 g/mol. The molecule has 15 heavy (non-hydrogen) atoms. The van der Waals surface area contributed by atoms with E-state index in [1.54, 1.807) is 6.92 Å². The number of hydrogen-bond acceptors (Lipinski definition) is 5. The van der Waals surface area contributed by atoms with Gasteiger partial charge in [0.1, 0.15) is 5.69 Å². The summed E-state index contributed by atoms with van der Waals surface area (Å²) in [5.74, 6) is -1.51. The molecule has 0 unspecified atom stereocenters. The summed E-state index contributed by atoms with van der Waals surface area (Å²) in [4.78, 5) is 20.5. The molecule has 0 aliphatic rings. The molecule has 0 heterocycles. The molecule has 2 N–H and O–H groups in total. The Morgan fingerprint density at radius 1 is 1.53 bits per heavy atom. The van der Waals surface area contributed by atoms with Crippen LogP contribution in [0, 0.1) is 10.1 Å². The van der Waals surface area contributed by atoms with Crippen LogP contribution in [0.5, 0.6) is 0 Å². The van der Waals surface area contributed by atoms with E-state index >= 15 is 0 Å². The SMILES string of the molecule is CCc1cc(C(=O)[O-])c(N)c([N+](=O)[O-])c1. The number of hydrogen-bond donors (Lipinski definition) is 1. The lowest BCUT2D eigenvalue weighted by molar-refractivity contribution is -0.384. The Balaban J connectivity index is 3.47. The number of anilines is 1. The second-order valence-corrected chi connectivity index (χ2v) is 2.97. The summed E-state index contributed by atoms with van der Waals surface area (Å²) in [5.41, 5.74) is 4.79. The predicted molar refractivity (Wildman–Crippen MR) is 51.2 cm³/mol. The summed E-state index contributed by atoms with van der Waals surface area (Å²) in [6, 6.07) is 2.55. The molecular formula is C9H9N2O4-. The molecule has 6 nitrogen and oxygen atoms in total. The van der Waals surface area contributed by atoms with Crippen LogP contribution in [0.15, 0.2) is 12.1 Å². The number of nitrogens with two attached hydrogens (primary N) is 1. The van der Waals surface area contributed by atoms with Crippen LogP contribution in [0.2, 0.25) is 0 Å². The van der Waals surface area contributed by atoms with Crippen molar-refractivity contribution in [2.75, 3.05) is 5.73 Å². The van der Waals surface area contributed by atoms with Crippen LogP contribution >= 0.6 is 0 Å². The molecule has 0 aromatic heterocycles. The molecule has 0 atom stereocenters. The van der Waals surface area contributed by atoms with E-state index in [9.17, 15) is 20.0 Å². The number of nitrogens with zero attached hydrogens (tertiary/aromatic N) is 1. The summed E-state index contributed by atoms with van der Waals surface area (Å²) in [5, 5.41) is 21.2. The van der Waals surface area contributed by atoms with Gasteiger partial charge in [-0.1, -0.05) is 6.92 Å². The lowest BCUT2D eigenvalue weighted by Crippen LogP contribution is -2.24. The van der Waals surface area contributed by atoms with Crippen molar-refractivity contribution in [3.63, 3.8) is 0 Å². The maximum absolute atomic E-state index is 10.7. The first-order chi connectivity index (χ1) is 6.97. The van der Waals surface area contributed by atoms with Crippen LogP contribution in [-0.2, 0) is 6.42 Å². The summed E-state index contributed by atoms with van der Waals surface area (Å²) in [7, 11) is 0. The number of rotatable bonds is 3. The van der Waals surface area contributed by atoms with Crippen LogP contribution in [0.25, 0.3) is 0 Å². The van der Waals surface area contributed by atoms with Crippen LogP contribution < -0.4 is 10.8 Å². The molecule has 6 heteroatoms. The first-order valence-electron chi connectivity index (χ1n) is 4.25. The fraction of sp³-hybridized carbons (Fsp3) is 0.222. The third-order valence-corrected chi connectivity index (χ3v) is 2.04. The standard InChI is InChI=1S/C9H10N2O4/c1-2-5-3-6(9(12)13)8(10)7(4-5)11(14)15/h3-4H,2,10H2,1H3,(H,12,13)/p-1. The second kappa shape index (κ2) is 3.95. The van der Waals surface area contributed by atoms with Gasteiger partial charge in [-0.3, -0.25) is 10.1 Å². The molecule has 80 valence electrons. The quantitative estimate of drug-likeness (QED) is 0.431. The fourth-order valence-corrected chi connectivity index (χ4v) is 1.22. The molecule has 0 radical (unpaired) electrons. The summed E-state index contributed by atoms with van der Waals surface area (Å²) in [6.45, 7) is 1.76. The minimum Gasteiger partial charge on any atom is -0.545 e. The van der Waals surface area contributed by atoms with Crippen molar-refractivity contribution >= 4 is 17.3 Å². The third-order valence-electron chi connectivity index (χ3n) is 2.04. The molecule has 1 aromatic rings. The molecule has 0 aliphatic carbocycles. The van der Waals surface area contributed by atoms with Gasteiger partial charge in [-0.2, -0.15) is 0 Å². The maximum Gasteiger partial charge on any atom is 0.293 e. The van der Waals surface area contributed by atoms with Crippen LogP contribution in [0.3, 0.4) is 0 Å². The Bertz CT molecular complexity index is 393. The van der Waals surface area contributed by atoms with Crippen LogP contribution in [0.1, 0.15) is 22.8 Å². The molecule has 0 saturated carbocycles. The Morgan fingerprint density at radius 2 is 2.13 bits per heavy atom. The lowest BCUT2D eigenvalue weighted by atomic mass is 10.1. The highest BCUT2D eigenvalue weighted by Crippen LogP contribution is 2.27. The van der Waals surface area contributed by atoms with Gasteiger partial charge >= 0.3 is 0 Å². The van der Waals surface area contributed by atoms with Crippen molar-refractivity contribution in [1.82, 2.24) is 0 Å².